The van der Waals surface area contributed by atoms with E-state index in [1.54, 1.807) is 0 Å². The third-order valence-corrected chi connectivity index (χ3v) is 9.52. The molecule has 0 spiro atoms. The van der Waals surface area contributed by atoms with Gasteiger partial charge in [-0.15, -0.1) is 0 Å². The van der Waals surface area contributed by atoms with Crippen LogP contribution in [0.2, 0.25) is 0 Å². The van der Waals surface area contributed by atoms with Gasteiger partial charge >= 0.3 is 0 Å². The largest absolute Gasteiger partial charge is 0.353 e. The number of aromatic nitrogens is 2. The average molecular weight is 664 g/mol. The van der Waals surface area contributed by atoms with E-state index in [0.717, 1.165) is 67.3 Å². The number of nitrogens with zero attached hydrogens (tertiary/aromatic N) is 2. The Morgan fingerprint density at radius 3 is 1.65 bits per heavy atom. The Morgan fingerprint density at radius 1 is 0.529 bits per heavy atom. The summed E-state index contributed by atoms with van der Waals surface area (Å²) in [7, 11) is 0. The molecule has 3 heteroatoms. The zero-order chi connectivity index (χ0) is 35.6. The maximum absolute atomic E-state index is 4.86. The maximum Gasteiger partial charge on any atom is 0.0867 e. The quantitative estimate of drug-likeness (QED) is 0.193. The summed E-state index contributed by atoms with van der Waals surface area (Å²) in [5.41, 5.74) is 15.5. The summed E-state index contributed by atoms with van der Waals surface area (Å²) in [5.74, 6) is 0. The third kappa shape index (κ3) is 7.25. The van der Waals surface area contributed by atoms with Gasteiger partial charge in [0.15, 0.2) is 0 Å². The highest BCUT2D eigenvalue weighted by atomic mass is 14.9. The van der Waals surface area contributed by atoms with Crippen molar-refractivity contribution in [1.82, 2.24) is 15.3 Å². The van der Waals surface area contributed by atoms with Crippen LogP contribution in [0.25, 0.3) is 44.8 Å². The number of benzene rings is 4. The molecule has 1 N–H and O–H groups in total. The van der Waals surface area contributed by atoms with Crippen molar-refractivity contribution >= 4 is 11.3 Å². The summed E-state index contributed by atoms with van der Waals surface area (Å²) < 4.78 is 0. The van der Waals surface area contributed by atoms with Gasteiger partial charge in [-0.2, -0.15) is 0 Å². The number of hydrogen-bond donors (Lipinski definition) is 1. The van der Waals surface area contributed by atoms with Gasteiger partial charge in [-0.3, -0.25) is 9.97 Å². The first-order chi connectivity index (χ1) is 24.6. The number of nitrogens with one attached hydrogen (secondary N) is 1. The maximum atomic E-state index is 4.86. The third-order valence-electron chi connectivity index (χ3n) is 9.52. The van der Waals surface area contributed by atoms with Crippen LogP contribution in [0, 0.1) is 0 Å². The van der Waals surface area contributed by atoms with Crippen LogP contribution in [0.1, 0.15) is 69.5 Å². The molecule has 0 aliphatic carbocycles. The van der Waals surface area contributed by atoms with Gasteiger partial charge in [0, 0.05) is 34.8 Å². The van der Waals surface area contributed by atoms with Gasteiger partial charge in [0.2, 0.25) is 0 Å². The van der Waals surface area contributed by atoms with E-state index in [1.165, 1.54) is 11.1 Å². The summed E-state index contributed by atoms with van der Waals surface area (Å²) in [6, 6.07) is 45.6. The number of rotatable bonds is 6. The van der Waals surface area contributed by atoms with E-state index in [9.17, 15) is 0 Å². The van der Waals surface area contributed by atoms with Gasteiger partial charge in [-0.05, 0) is 92.3 Å². The summed E-state index contributed by atoms with van der Waals surface area (Å²) in [6.07, 6.45) is 10.3. The van der Waals surface area contributed by atoms with Crippen molar-refractivity contribution in [3.63, 3.8) is 0 Å². The second kappa shape index (κ2) is 13.8. The van der Waals surface area contributed by atoms with Crippen molar-refractivity contribution in [2.45, 2.75) is 52.4 Å². The summed E-state index contributed by atoms with van der Waals surface area (Å²) in [4.78, 5) is 9.69. The topological polar surface area (TPSA) is 37.8 Å². The first kappa shape index (κ1) is 33.7. The number of allylic oxidation sites excluding steroid dienone is 3. The SMILES string of the molecule is CC(C)(C)c1ccnc(C2=CC=CC(=C(c3cccc(-c4cc(C(C)(C)C)ccn4)c3)c3c(-c4ccccc4)cccc3-c3ccccc3)N2)c1. The molecule has 0 amide bonds. The van der Waals surface area contributed by atoms with Crippen molar-refractivity contribution < 1.29 is 0 Å². The fraction of sp³-hybridized carbons (Fsp3) is 0.167. The summed E-state index contributed by atoms with van der Waals surface area (Å²) >= 11 is 0. The predicted molar refractivity (Wildman–Crippen MR) is 215 cm³/mol. The fourth-order valence-corrected chi connectivity index (χ4v) is 6.67. The zero-order valence-corrected chi connectivity index (χ0v) is 30.4. The Bertz CT molecular complexity index is 2220. The van der Waals surface area contributed by atoms with E-state index in [-0.39, 0.29) is 10.8 Å². The first-order valence-corrected chi connectivity index (χ1v) is 17.7. The Labute approximate surface area is 303 Å². The van der Waals surface area contributed by atoms with Gasteiger partial charge in [0.1, 0.15) is 0 Å². The Balaban J connectivity index is 1.49. The second-order valence-corrected chi connectivity index (χ2v) is 15.3. The first-order valence-electron chi connectivity index (χ1n) is 17.7. The molecule has 4 aromatic carbocycles. The zero-order valence-electron chi connectivity index (χ0n) is 30.4. The number of dihydropyridines is 1. The predicted octanol–water partition coefficient (Wildman–Crippen LogP) is 12.0. The lowest BCUT2D eigenvalue weighted by molar-refractivity contribution is 0.589. The molecule has 51 heavy (non-hydrogen) atoms. The molecule has 0 saturated carbocycles. The number of hydrogen-bond acceptors (Lipinski definition) is 3. The van der Waals surface area contributed by atoms with Crippen LogP contribution >= 0.6 is 0 Å². The molecule has 0 radical (unpaired) electrons. The summed E-state index contributed by atoms with van der Waals surface area (Å²) in [5, 5.41) is 3.87. The molecule has 0 unspecified atom stereocenters. The van der Waals surface area contributed by atoms with Crippen molar-refractivity contribution in [3.8, 4) is 33.5 Å². The van der Waals surface area contributed by atoms with E-state index in [0.29, 0.717) is 0 Å². The van der Waals surface area contributed by atoms with Gasteiger partial charge in [-0.1, -0.05) is 145 Å². The van der Waals surface area contributed by atoms with E-state index in [4.69, 9.17) is 9.97 Å². The Hall–Kier alpha value is -5.80. The lowest BCUT2D eigenvalue weighted by Crippen LogP contribution is -2.18. The molecule has 0 bridgehead atoms. The normalized spacial score (nSPS) is 14.1. The second-order valence-electron chi connectivity index (χ2n) is 15.3. The molecular weight excluding hydrogens is 619 g/mol. The van der Waals surface area contributed by atoms with Crippen molar-refractivity contribution in [2.24, 2.45) is 0 Å². The smallest absolute Gasteiger partial charge is 0.0867 e. The van der Waals surface area contributed by atoms with Crippen molar-refractivity contribution in [1.29, 1.82) is 0 Å². The highest BCUT2D eigenvalue weighted by molar-refractivity contribution is 5.99. The van der Waals surface area contributed by atoms with Gasteiger partial charge in [0.05, 0.1) is 17.1 Å². The fourth-order valence-electron chi connectivity index (χ4n) is 6.67. The lowest BCUT2D eigenvalue weighted by Gasteiger charge is -2.25. The molecule has 0 fully saturated rings. The van der Waals surface area contributed by atoms with E-state index in [2.05, 4.69) is 192 Å². The Morgan fingerprint density at radius 2 is 1.06 bits per heavy atom. The molecular formula is C48H45N3. The molecule has 0 atom stereocenters. The molecule has 2 aromatic heterocycles. The minimum absolute atomic E-state index is 0.00453. The molecule has 6 aromatic rings. The molecule has 252 valence electrons. The van der Waals surface area contributed by atoms with Crippen LogP contribution in [0.5, 0.6) is 0 Å². The monoisotopic (exact) mass is 663 g/mol. The highest BCUT2D eigenvalue weighted by Crippen LogP contribution is 2.43. The molecule has 0 saturated heterocycles. The van der Waals surface area contributed by atoms with Crippen molar-refractivity contribution in [2.75, 3.05) is 0 Å². The molecule has 3 nitrogen and oxygen atoms in total. The van der Waals surface area contributed by atoms with E-state index < -0.39 is 0 Å². The van der Waals surface area contributed by atoms with Crippen LogP contribution in [0.15, 0.2) is 164 Å². The lowest BCUT2D eigenvalue weighted by atomic mass is 9.82. The highest BCUT2D eigenvalue weighted by Gasteiger charge is 2.24. The van der Waals surface area contributed by atoms with E-state index >= 15 is 0 Å². The van der Waals surface area contributed by atoms with Crippen LogP contribution in [0.3, 0.4) is 0 Å². The van der Waals surface area contributed by atoms with Crippen LogP contribution in [-0.2, 0) is 10.8 Å². The van der Waals surface area contributed by atoms with Crippen LogP contribution in [-0.4, -0.2) is 9.97 Å². The Kier molecular flexibility index (Phi) is 9.14. The van der Waals surface area contributed by atoms with Gasteiger partial charge < -0.3 is 5.32 Å². The van der Waals surface area contributed by atoms with Crippen LogP contribution in [0.4, 0.5) is 0 Å². The van der Waals surface area contributed by atoms with E-state index in [1.807, 2.05) is 12.4 Å². The molecule has 3 heterocycles. The van der Waals surface area contributed by atoms with Crippen LogP contribution < -0.4 is 5.32 Å². The minimum atomic E-state index is 0.00453. The van der Waals surface area contributed by atoms with Gasteiger partial charge in [0.25, 0.3) is 0 Å². The van der Waals surface area contributed by atoms with Crippen molar-refractivity contribution in [3.05, 3.63) is 192 Å². The average Bonchev–Trinajstić information content (AvgIpc) is 3.15. The van der Waals surface area contributed by atoms with Gasteiger partial charge in [-0.25, -0.2) is 0 Å². The molecule has 7 rings (SSSR count). The number of pyridine rings is 2. The minimum Gasteiger partial charge on any atom is -0.353 e. The molecule has 1 aliphatic heterocycles. The standard InChI is InChI=1S/C48H45N3/c1-47(2,3)37-26-28-49-43(31-37)35-20-13-21-36(30-35)45(42-25-15-24-41(51-42)44-32-38(27-29-50-44)48(4,5)6)46-39(33-16-9-7-10-17-33)22-14-23-40(46)34-18-11-8-12-19-34/h7-32,51H,1-6H3. The molecule has 1 aliphatic rings. The summed E-state index contributed by atoms with van der Waals surface area (Å²) in [6.45, 7) is 13.5.